The standard InChI is InChI=1S/C29H24ClFN2O2/c1-17-26(29(35)33-23-14-8-7-13-22(23)31)27(20-11-5-6-12-21(20)30)28-24(32-17)15-19(16-25(28)34)18-9-3-2-4-10-18/h2-14,19,27,32H,15-16H2,1H3,(H,33,35)/t19-,27+/m0/s1. The summed E-state index contributed by atoms with van der Waals surface area (Å²) in [6, 6.07) is 23.2. The predicted octanol–water partition coefficient (Wildman–Crippen LogP) is 6.48. The second-order valence-electron chi connectivity index (χ2n) is 8.88. The third-order valence-electron chi connectivity index (χ3n) is 6.68. The molecule has 0 aromatic heterocycles. The Hall–Kier alpha value is -3.70. The van der Waals surface area contributed by atoms with Crippen LogP contribution in [0.15, 0.2) is 101 Å². The number of allylic oxidation sites excluding steroid dienone is 3. The topological polar surface area (TPSA) is 58.2 Å². The van der Waals surface area contributed by atoms with E-state index in [0.717, 1.165) is 11.3 Å². The number of carbonyl (C=O) groups excluding carboxylic acids is 2. The van der Waals surface area contributed by atoms with Crippen LogP contribution >= 0.6 is 11.6 Å². The minimum absolute atomic E-state index is 0.0267. The minimum atomic E-state index is -0.657. The quantitative estimate of drug-likeness (QED) is 0.443. The first-order chi connectivity index (χ1) is 16.9. The van der Waals surface area contributed by atoms with E-state index in [2.05, 4.69) is 10.6 Å². The van der Waals surface area contributed by atoms with Gasteiger partial charge in [-0.1, -0.05) is 72.3 Å². The number of ketones is 1. The van der Waals surface area contributed by atoms with Crippen molar-refractivity contribution in [3.05, 3.63) is 123 Å². The molecule has 0 unspecified atom stereocenters. The summed E-state index contributed by atoms with van der Waals surface area (Å²) in [7, 11) is 0. The minimum Gasteiger partial charge on any atom is -0.362 e. The Morgan fingerprint density at radius 2 is 1.66 bits per heavy atom. The maximum Gasteiger partial charge on any atom is 0.254 e. The maximum absolute atomic E-state index is 14.3. The van der Waals surface area contributed by atoms with E-state index in [0.29, 0.717) is 40.3 Å². The van der Waals surface area contributed by atoms with Crippen molar-refractivity contribution in [1.29, 1.82) is 0 Å². The van der Waals surface area contributed by atoms with E-state index in [4.69, 9.17) is 11.6 Å². The summed E-state index contributed by atoms with van der Waals surface area (Å²) in [6.07, 6.45) is 0.984. The number of hydrogen-bond acceptors (Lipinski definition) is 3. The first-order valence-corrected chi connectivity index (χ1v) is 11.9. The van der Waals surface area contributed by atoms with Crippen molar-refractivity contribution < 1.29 is 14.0 Å². The molecule has 0 bridgehead atoms. The van der Waals surface area contributed by atoms with Gasteiger partial charge < -0.3 is 10.6 Å². The van der Waals surface area contributed by atoms with Gasteiger partial charge in [-0.3, -0.25) is 9.59 Å². The van der Waals surface area contributed by atoms with Gasteiger partial charge in [0.1, 0.15) is 5.82 Å². The molecule has 1 aliphatic carbocycles. The van der Waals surface area contributed by atoms with Gasteiger partial charge in [0.05, 0.1) is 5.69 Å². The highest BCUT2D eigenvalue weighted by atomic mass is 35.5. The molecule has 0 radical (unpaired) electrons. The first kappa shape index (κ1) is 23.1. The molecule has 5 rings (SSSR count). The smallest absolute Gasteiger partial charge is 0.254 e. The molecule has 1 aliphatic heterocycles. The van der Waals surface area contributed by atoms with Gasteiger partial charge in [0.2, 0.25) is 0 Å². The lowest BCUT2D eigenvalue weighted by molar-refractivity contribution is -0.116. The van der Waals surface area contributed by atoms with Gasteiger partial charge in [-0.25, -0.2) is 4.39 Å². The van der Waals surface area contributed by atoms with Crippen LogP contribution in [0, 0.1) is 5.82 Å². The average Bonchev–Trinajstić information content (AvgIpc) is 2.85. The Labute approximate surface area is 208 Å². The predicted molar refractivity (Wildman–Crippen MR) is 136 cm³/mol. The van der Waals surface area contributed by atoms with Crippen LogP contribution in [-0.2, 0) is 9.59 Å². The van der Waals surface area contributed by atoms with Crippen molar-refractivity contribution in [2.24, 2.45) is 0 Å². The van der Waals surface area contributed by atoms with Crippen LogP contribution in [-0.4, -0.2) is 11.7 Å². The van der Waals surface area contributed by atoms with Crippen molar-refractivity contribution >= 4 is 29.0 Å². The Kier molecular flexibility index (Phi) is 6.27. The molecule has 0 fully saturated rings. The number of rotatable bonds is 4. The zero-order valence-electron chi connectivity index (χ0n) is 19.1. The highest BCUT2D eigenvalue weighted by molar-refractivity contribution is 6.31. The van der Waals surface area contributed by atoms with Gasteiger partial charge in [-0.15, -0.1) is 0 Å². The summed E-state index contributed by atoms with van der Waals surface area (Å²) in [6.45, 7) is 1.81. The van der Waals surface area contributed by atoms with Gasteiger partial charge in [0.25, 0.3) is 5.91 Å². The second-order valence-corrected chi connectivity index (χ2v) is 9.29. The number of carbonyl (C=O) groups is 2. The molecule has 2 aliphatic rings. The van der Waals surface area contributed by atoms with Gasteiger partial charge in [0, 0.05) is 39.9 Å². The Morgan fingerprint density at radius 3 is 2.40 bits per heavy atom. The summed E-state index contributed by atoms with van der Waals surface area (Å²) >= 11 is 6.60. The zero-order chi connectivity index (χ0) is 24.5. The summed E-state index contributed by atoms with van der Waals surface area (Å²) in [5.41, 5.74) is 4.18. The fourth-order valence-electron chi connectivity index (χ4n) is 5.07. The van der Waals surface area contributed by atoms with Crippen LogP contribution in [0.4, 0.5) is 10.1 Å². The van der Waals surface area contributed by atoms with Crippen LogP contribution in [0.2, 0.25) is 5.02 Å². The monoisotopic (exact) mass is 486 g/mol. The third kappa shape index (κ3) is 4.40. The number of anilines is 1. The lowest BCUT2D eigenvalue weighted by Gasteiger charge is -2.37. The average molecular weight is 487 g/mol. The summed E-state index contributed by atoms with van der Waals surface area (Å²) in [4.78, 5) is 27.2. The van der Waals surface area contributed by atoms with Gasteiger partial charge in [-0.05, 0) is 48.6 Å². The lowest BCUT2D eigenvalue weighted by Crippen LogP contribution is -2.37. The number of para-hydroxylation sites is 1. The summed E-state index contributed by atoms with van der Waals surface area (Å²) < 4.78 is 14.3. The number of hydrogen-bond donors (Lipinski definition) is 2. The molecule has 0 saturated heterocycles. The van der Waals surface area contributed by atoms with E-state index < -0.39 is 17.6 Å². The second kappa shape index (κ2) is 9.51. The van der Waals surface area contributed by atoms with Gasteiger partial charge in [-0.2, -0.15) is 0 Å². The lowest BCUT2D eigenvalue weighted by atomic mass is 9.71. The van der Waals surface area contributed by atoms with E-state index in [9.17, 15) is 14.0 Å². The van der Waals surface area contributed by atoms with Crippen molar-refractivity contribution in [3.8, 4) is 0 Å². The Balaban J connectivity index is 1.59. The van der Waals surface area contributed by atoms with Gasteiger partial charge in [0.15, 0.2) is 5.78 Å². The molecule has 2 N–H and O–H groups in total. The molecule has 1 amide bonds. The molecule has 0 spiro atoms. The number of halogens is 2. The SMILES string of the molecule is CC1=C(C(=O)Nc2ccccc2F)[C@@H](c2ccccc2Cl)C2=C(C[C@H](c3ccccc3)CC2=O)N1. The molecule has 4 nitrogen and oxygen atoms in total. The fraction of sp³-hybridized carbons (Fsp3) is 0.172. The van der Waals surface area contributed by atoms with Crippen LogP contribution in [0.25, 0.3) is 0 Å². The molecule has 1 heterocycles. The van der Waals surface area contributed by atoms with Crippen LogP contribution in [0.5, 0.6) is 0 Å². The van der Waals surface area contributed by atoms with E-state index in [1.165, 1.54) is 12.1 Å². The molecule has 2 atom stereocenters. The normalized spacial score (nSPS) is 19.8. The fourth-order valence-corrected chi connectivity index (χ4v) is 5.32. The Morgan fingerprint density at radius 1 is 0.971 bits per heavy atom. The highest BCUT2D eigenvalue weighted by Gasteiger charge is 2.41. The number of dihydropyridines is 1. The van der Waals surface area contributed by atoms with Crippen molar-refractivity contribution in [2.75, 3.05) is 5.32 Å². The number of nitrogens with one attached hydrogen (secondary N) is 2. The van der Waals surface area contributed by atoms with Crippen molar-refractivity contribution in [2.45, 2.75) is 31.6 Å². The largest absolute Gasteiger partial charge is 0.362 e. The van der Waals surface area contributed by atoms with E-state index >= 15 is 0 Å². The molecule has 35 heavy (non-hydrogen) atoms. The number of amides is 1. The highest BCUT2D eigenvalue weighted by Crippen LogP contribution is 2.47. The molecule has 0 saturated carbocycles. The van der Waals surface area contributed by atoms with Crippen LogP contribution < -0.4 is 10.6 Å². The molecule has 6 heteroatoms. The zero-order valence-corrected chi connectivity index (χ0v) is 19.9. The molecular weight excluding hydrogens is 463 g/mol. The summed E-state index contributed by atoms with van der Waals surface area (Å²) in [5, 5.41) is 6.49. The van der Waals surface area contributed by atoms with Crippen LogP contribution in [0.3, 0.4) is 0 Å². The molecule has 3 aromatic rings. The summed E-state index contributed by atoms with van der Waals surface area (Å²) in [5.74, 6) is -1.65. The van der Waals surface area contributed by atoms with Crippen molar-refractivity contribution in [3.63, 3.8) is 0 Å². The Bertz CT molecular complexity index is 1380. The number of Topliss-reactive ketones (excluding diaryl/α,β-unsaturated/α-hetero) is 1. The molecule has 176 valence electrons. The van der Waals surface area contributed by atoms with Crippen LogP contribution in [0.1, 0.15) is 42.7 Å². The third-order valence-corrected chi connectivity index (χ3v) is 7.03. The number of benzene rings is 3. The van der Waals surface area contributed by atoms with Gasteiger partial charge >= 0.3 is 0 Å². The van der Waals surface area contributed by atoms with E-state index in [1.807, 2.05) is 48.5 Å². The van der Waals surface area contributed by atoms with E-state index in [-0.39, 0.29) is 17.4 Å². The maximum atomic E-state index is 14.3. The first-order valence-electron chi connectivity index (χ1n) is 11.5. The molecule has 3 aromatic carbocycles. The van der Waals surface area contributed by atoms with Crippen molar-refractivity contribution in [1.82, 2.24) is 5.32 Å². The molecular formula is C29H24ClFN2O2. The van der Waals surface area contributed by atoms with E-state index in [1.54, 1.807) is 25.1 Å².